The van der Waals surface area contributed by atoms with Crippen molar-refractivity contribution in [1.82, 2.24) is 15.2 Å². The summed E-state index contributed by atoms with van der Waals surface area (Å²) in [6.07, 6.45) is 0. The Morgan fingerprint density at radius 1 is 1.28 bits per heavy atom. The summed E-state index contributed by atoms with van der Waals surface area (Å²) in [6.45, 7) is 5.79. The van der Waals surface area contributed by atoms with Gasteiger partial charge in [-0.3, -0.25) is 0 Å². The van der Waals surface area contributed by atoms with Crippen LogP contribution >= 0.6 is 23.2 Å². The molecule has 2 rings (SSSR count). The van der Waals surface area contributed by atoms with Gasteiger partial charge >= 0.3 is 0 Å². The highest BCUT2D eigenvalue weighted by molar-refractivity contribution is 6.32. The quantitative estimate of drug-likeness (QED) is 0.935. The maximum absolute atomic E-state index is 5.89. The van der Waals surface area contributed by atoms with Crippen LogP contribution in [0.5, 0.6) is 0 Å². The van der Waals surface area contributed by atoms with Crippen molar-refractivity contribution in [1.29, 1.82) is 0 Å². The fourth-order valence-corrected chi connectivity index (χ4v) is 2.01. The third kappa shape index (κ3) is 2.73. The summed E-state index contributed by atoms with van der Waals surface area (Å²) in [7, 11) is 0. The number of nitrogens with zero attached hydrogens (tertiary/aromatic N) is 3. The molecule has 0 bridgehead atoms. The number of rotatable bonds is 3. The van der Waals surface area contributed by atoms with Crippen LogP contribution in [0.1, 0.15) is 30.0 Å². The molecule has 0 aliphatic carbocycles. The van der Waals surface area contributed by atoms with Crippen molar-refractivity contribution in [3.8, 4) is 0 Å². The smallest absolute Gasteiger partial charge is 0.245 e. The predicted molar refractivity (Wildman–Crippen MR) is 70.1 cm³/mol. The lowest BCUT2D eigenvalue weighted by atomic mass is 10.1. The second-order valence-corrected chi connectivity index (χ2v) is 4.65. The Morgan fingerprint density at radius 3 is 2.61 bits per heavy atom. The standard InChI is InChI=1S/C11H12Cl2N4O/c1-5-4-8(7(3)18-5)6(2)14-10-9(12)16-17-11(13)15-10/h4,6H,1-3H3,(H,14,15,17). The molecule has 0 radical (unpaired) electrons. The maximum atomic E-state index is 5.89. The van der Waals surface area contributed by atoms with Crippen molar-refractivity contribution in [3.05, 3.63) is 33.6 Å². The van der Waals surface area contributed by atoms with E-state index in [1.165, 1.54) is 0 Å². The van der Waals surface area contributed by atoms with Crippen LogP contribution in [-0.2, 0) is 0 Å². The van der Waals surface area contributed by atoms with E-state index in [4.69, 9.17) is 27.6 Å². The molecule has 2 aromatic rings. The minimum Gasteiger partial charge on any atom is -0.466 e. The first-order valence-electron chi connectivity index (χ1n) is 5.36. The van der Waals surface area contributed by atoms with Gasteiger partial charge in [-0.15, -0.1) is 10.2 Å². The normalized spacial score (nSPS) is 12.5. The van der Waals surface area contributed by atoms with Crippen LogP contribution in [0.4, 0.5) is 5.82 Å². The Bertz CT molecular complexity index is 570. The van der Waals surface area contributed by atoms with Gasteiger partial charge in [0.05, 0.1) is 6.04 Å². The van der Waals surface area contributed by atoms with Crippen molar-refractivity contribution < 1.29 is 4.42 Å². The molecular weight excluding hydrogens is 275 g/mol. The van der Waals surface area contributed by atoms with Gasteiger partial charge in [-0.05, 0) is 38.4 Å². The highest BCUT2D eigenvalue weighted by Crippen LogP contribution is 2.26. The second-order valence-electron chi connectivity index (χ2n) is 3.95. The van der Waals surface area contributed by atoms with E-state index in [-0.39, 0.29) is 16.5 Å². The van der Waals surface area contributed by atoms with Gasteiger partial charge in [-0.25, -0.2) is 0 Å². The molecule has 0 aromatic carbocycles. The zero-order chi connectivity index (χ0) is 13.3. The molecule has 1 N–H and O–H groups in total. The molecular formula is C11H12Cl2N4O. The number of aromatic nitrogens is 3. The fourth-order valence-electron chi connectivity index (χ4n) is 1.75. The lowest BCUT2D eigenvalue weighted by molar-refractivity contribution is 0.499. The van der Waals surface area contributed by atoms with E-state index in [2.05, 4.69) is 20.5 Å². The van der Waals surface area contributed by atoms with Crippen LogP contribution in [0.3, 0.4) is 0 Å². The van der Waals surface area contributed by atoms with E-state index in [1.54, 1.807) is 0 Å². The Hall–Kier alpha value is -1.33. The largest absolute Gasteiger partial charge is 0.466 e. The van der Waals surface area contributed by atoms with Crippen LogP contribution in [0.25, 0.3) is 0 Å². The molecule has 5 nitrogen and oxygen atoms in total. The molecule has 0 amide bonds. The van der Waals surface area contributed by atoms with Crippen molar-refractivity contribution in [2.24, 2.45) is 0 Å². The number of anilines is 1. The Kier molecular flexibility index (Phi) is 3.73. The van der Waals surface area contributed by atoms with E-state index < -0.39 is 0 Å². The van der Waals surface area contributed by atoms with Gasteiger partial charge in [0.2, 0.25) is 5.28 Å². The summed E-state index contributed by atoms with van der Waals surface area (Å²) >= 11 is 11.6. The minimum absolute atomic E-state index is 0.0206. The monoisotopic (exact) mass is 286 g/mol. The summed E-state index contributed by atoms with van der Waals surface area (Å²) in [6, 6.07) is 1.95. The number of furan rings is 1. The van der Waals surface area contributed by atoms with E-state index in [1.807, 2.05) is 26.8 Å². The maximum Gasteiger partial charge on any atom is 0.245 e. The second kappa shape index (κ2) is 5.12. The summed E-state index contributed by atoms with van der Waals surface area (Å²) in [5, 5.41) is 10.6. The van der Waals surface area contributed by atoms with Crippen LogP contribution in [0.2, 0.25) is 10.4 Å². The average Bonchev–Trinajstić information content (AvgIpc) is 2.63. The average molecular weight is 287 g/mol. The first-order valence-corrected chi connectivity index (χ1v) is 6.12. The number of halogens is 2. The zero-order valence-electron chi connectivity index (χ0n) is 10.2. The number of hydrogen-bond acceptors (Lipinski definition) is 5. The van der Waals surface area contributed by atoms with Gasteiger partial charge < -0.3 is 9.73 Å². The Balaban J connectivity index is 2.23. The summed E-state index contributed by atoms with van der Waals surface area (Å²) < 4.78 is 5.48. The van der Waals surface area contributed by atoms with Crippen molar-refractivity contribution >= 4 is 29.0 Å². The molecule has 0 saturated heterocycles. The summed E-state index contributed by atoms with van der Waals surface area (Å²) in [5.41, 5.74) is 1.04. The summed E-state index contributed by atoms with van der Waals surface area (Å²) in [4.78, 5) is 3.99. The third-order valence-corrected chi connectivity index (χ3v) is 2.93. The molecule has 1 atom stereocenters. The van der Waals surface area contributed by atoms with E-state index in [0.717, 1.165) is 17.1 Å². The third-order valence-electron chi connectivity index (χ3n) is 2.52. The lowest BCUT2D eigenvalue weighted by Gasteiger charge is -2.14. The first kappa shape index (κ1) is 13.1. The summed E-state index contributed by atoms with van der Waals surface area (Å²) in [5.74, 6) is 2.13. The van der Waals surface area contributed by atoms with Gasteiger partial charge in [-0.1, -0.05) is 11.6 Å². The number of nitrogens with one attached hydrogen (secondary N) is 1. The molecule has 2 heterocycles. The molecule has 0 spiro atoms. The fraction of sp³-hybridized carbons (Fsp3) is 0.364. The molecule has 0 fully saturated rings. The van der Waals surface area contributed by atoms with Crippen LogP contribution in [0.15, 0.2) is 10.5 Å². The highest BCUT2D eigenvalue weighted by atomic mass is 35.5. The lowest BCUT2D eigenvalue weighted by Crippen LogP contribution is -2.10. The first-order chi connectivity index (χ1) is 8.47. The number of aryl methyl sites for hydroxylation is 2. The van der Waals surface area contributed by atoms with E-state index in [0.29, 0.717) is 5.82 Å². The molecule has 0 saturated carbocycles. The Labute approximate surface area is 115 Å². The zero-order valence-corrected chi connectivity index (χ0v) is 11.7. The van der Waals surface area contributed by atoms with Gasteiger partial charge in [0.25, 0.3) is 0 Å². The molecule has 0 aliphatic heterocycles. The van der Waals surface area contributed by atoms with Crippen LogP contribution in [0, 0.1) is 13.8 Å². The molecule has 7 heteroatoms. The SMILES string of the molecule is Cc1cc(C(C)Nc2nc(Cl)nnc2Cl)c(C)o1. The van der Waals surface area contributed by atoms with Gasteiger partial charge in [0, 0.05) is 5.56 Å². The Morgan fingerprint density at radius 2 is 2.00 bits per heavy atom. The van der Waals surface area contributed by atoms with E-state index >= 15 is 0 Å². The van der Waals surface area contributed by atoms with Crippen LogP contribution in [-0.4, -0.2) is 15.2 Å². The highest BCUT2D eigenvalue weighted by Gasteiger charge is 2.15. The molecule has 18 heavy (non-hydrogen) atoms. The molecule has 2 aromatic heterocycles. The predicted octanol–water partition coefficient (Wildman–Crippen LogP) is 3.56. The van der Waals surface area contributed by atoms with Gasteiger partial charge in [-0.2, -0.15) is 4.98 Å². The van der Waals surface area contributed by atoms with Crippen LogP contribution < -0.4 is 5.32 Å². The molecule has 1 unspecified atom stereocenters. The van der Waals surface area contributed by atoms with E-state index in [9.17, 15) is 0 Å². The van der Waals surface area contributed by atoms with Crippen molar-refractivity contribution in [2.75, 3.05) is 5.32 Å². The van der Waals surface area contributed by atoms with Crippen molar-refractivity contribution in [2.45, 2.75) is 26.8 Å². The minimum atomic E-state index is -0.0206. The topological polar surface area (TPSA) is 63.8 Å². The van der Waals surface area contributed by atoms with Gasteiger partial charge in [0.1, 0.15) is 11.5 Å². The van der Waals surface area contributed by atoms with Gasteiger partial charge in [0.15, 0.2) is 11.0 Å². The van der Waals surface area contributed by atoms with Crippen molar-refractivity contribution in [3.63, 3.8) is 0 Å². The molecule has 96 valence electrons. The number of hydrogen-bond donors (Lipinski definition) is 1. The molecule has 0 aliphatic rings.